The summed E-state index contributed by atoms with van der Waals surface area (Å²) < 4.78 is 1.69. The van der Waals surface area contributed by atoms with Crippen LogP contribution in [0.1, 0.15) is 25.7 Å². The molecule has 7 nitrogen and oxygen atoms in total. The Morgan fingerprint density at radius 1 is 1.35 bits per heavy atom. The molecule has 0 saturated carbocycles. The van der Waals surface area contributed by atoms with Gasteiger partial charge < -0.3 is 10.2 Å². The molecule has 0 spiro atoms. The van der Waals surface area contributed by atoms with Crippen LogP contribution >= 0.6 is 0 Å². The van der Waals surface area contributed by atoms with Crippen LogP contribution in [0.15, 0.2) is 6.33 Å². The highest BCUT2D eigenvalue weighted by molar-refractivity contribution is 5.78. The van der Waals surface area contributed by atoms with Crippen molar-refractivity contribution in [1.29, 1.82) is 0 Å². The highest BCUT2D eigenvalue weighted by Gasteiger charge is 2.19. The van der Waals surface area contributed by atoms with Gasteiger partial charge in [-0.05, 0) is 13.5 Å². The Labute approximate surface area is 119 Å². The summed E-state index contributed by atoms with van der Waals surface area (Å²) in [7, 11) is 1.83. The van der Waals surface area contributed by atoms with Crippen LogP contribution in [0.25, 0.3) is 0 Å². The van der Waals surface area contributed by atoms with Gasteiger partial charge in [-0.15, -0.1) is 0 Å². The largest absolute Gasteiger partial charge is 0.345 e. The maximum Gasteiger partial charge on any atom is 0.234 e. The molecule has 0 bridgehead atoms. The fraction of sp³-hybridized carbons (Fsp3) is 0.769. The smallest absolute Gasteiger partial charge is 0.234 e. The van der Waals surface area contributed by atoms with Crippen LogP contribution in [-0.2, 0) is 11.8 Å². The van der Waals surface area contributed by atoms with E-state index >= 15 is 0 Å². The second kappa shape index (κ2) is 6.81. The summed E-state index contributed by atoms with van der Waals surface area (Å²) in [6.07, 6.45) is 1.50. The molecule has 0 unspecified atom stereocenters. The third kappa shape index (κ3) is 3.77. The predicted octanol–water partition coefficient (Wildman–Crippen LogP) is -0.370. The number of piperazine rings is 1. The molecule has 20 heavy (non-hydrogen) atoms. The first kappa shape index (κ1) is 14.9. The van der Waals surface area contributed by atoms with Crippen molar-refractivity contribution in [3.8, 4) is 0 Å². The lowest BCUT2D eigenvalue weighted by molar-refractivity contribution is -0.123. The van der Waals surface area contributed by atoms with Crippen LogP contribution in [0.4, 0.5) is 0 Å². The van der Waals surface area contributed by atoms with Crippen molar-refractivity contribution in [3.05, 3.63) is 12.2 Å². The van der Waals surface area contributed by atoms with Crippen molar-refractivity contribution < 1.29 is 4.79 Å². The maximum atomic E-state index is 12.1. The van der Waals surface area contributed by atoms with E-state index in [-0.39, 0.29) is 11.9 Å². The number of carbonyl (C=O) groups excluding carboxylic acids is 1. The lowest BCUT2D eigenvalue weighted by atomic mass is 10.3. The average Bonchev–Trinajstić information content (AvgIpc) is 2.86. The SMILES string of the molecule is CCN1CCN(CC(=O)N[C@H](C)c2ncnn2C)CC1. The van der Waals surface area contributed by atoms with Gasteiger partial charge in [0.2, 0.25) is 5.91 Å². The van der Waals surface area contributed by atoms with Gasteiger partial charge in [0.15, 0.2) is 0 Å². The van der Waals surface area contributed by atoms with Gasteiger partial charge in [-0.2, -0.15) is 5.10 Å². The highest BCUT2D eigenvalue weighted by atomic mass is 16.2. The normalized spacial score (nSPS) is 18.9. The lowest BCUT2D eigenvalue weighted by Gasteiger charge is -2.33. The number of rotatable bonds is 5. The Balaban J connectivity index is 1.77. The van der Waals surface area contributed by atoms with Crippen molar-refractivity contribution in [2.24, 2.45) is 7.05 Å². The van der Waals surface area contributed by atoms with Crippen molar-refractivity contribution >= 4 is 5.91 Å². The van der Waals surface area contributed by atoms with Crippen LogP contribution in [0, 0.1) is 0 Å². The topological polar surface area (TPSA) is 66.3 Å². The minimum atomic E-state index is -0.119. The first-order chi connectivity index (χ1) is 9.60. The summed E-state index contributed by atoms with van der Waals surface area (Å²) >= 11 is 0. The molecule has 1 amide bonds. The molecule has 1 aromatic rings. The van der Waals surface area contributed by atoms with Crippen LogP contribution in [0.3, 0.4) is 0 Å². The molecular formula is C13H24N6O. The summed E-state index contributed by atoms with van der Waals surface area (Å²) in [5.41, 5.74) is 0. The summed E-state index contributed by atoms with van der Waals surface area (Å²) in [4.78, 5) is 20.8. The summed E-state index contributed by atoms with van der Waals surface area (Å²) in [5, 5.41) is 6.99. The van der Waals surface area contributed by atoms with Gasteiger partial charge in [0.25, 0.3) is 0 Å². The van der Waals surface area contributed by atoms with E-state index in [4.69, 9.17) is 0 Å². The number of hydrogen-bond acceptors (Lipinski definition) is 5. The second-order valence-electron chi connectivity index (χ2n) is 5.24. The number of aryl methyl sites for hydroxylation is 1. The molecule has 1 aliphatic rings. The van der Waals surface area contributed by atoms with Gasteiger partial charge in [0, 0.05) is 33.2 Å². The predicted molar refractivity (Wildman–Crippen MR) is 76.1 cm³/mol. The van der Waals surface area contributed by atoms with Crippen molar-refractivity contribution in [2.45, 2.75) is 19.9 Å². The Hall–Kier alpha value is -1.47. The molecule has 0 aliphatic carbocycles. The third-order valence-electron chi connectivity index (χ3n) is 3.79. The van der Waals surface area contributed by atoms with Gasteiger partial charge in [0.1, 0.15) is 12.2 Å². The van der Waals surface area contributed by atoms with Crippen LogP contribution in [-0.4, -0.2) is 69.7 Å². The molecule has 2 heterocycles. The Morgan fingerprint density at radius 3 is 2.55 bits per heavy atom. The Kier molecular flexibility index (Phi) is 5.08. The van der Waals surface area contributed by atoms with Gasteiger partial charge in [0.05, 0.1) is 12.6 Å². The zero-order valence-electron chi connectivity index (χ0n) is 12.5. The third-order valence-corrected chi connectivity index (χ3v) is 3.79. The molecule has 1 aliphatic heterocycles. The zero-order chi connectivity index (χ0) is 14.5. The van der Waals surface area contributed by atoms with Crippen molar-refractivity contribution in [1.82, 2.24) is 29.9 Å². The highest BCUT2D eigenvalue weighted by Crippen LogP contribution is 2.07. The molecule has 0 aromatic carbocycles. The van der Waals surface area contributed by atoms with E-state index in [1.165, 1.54) is 6.33 Å². The number of nitrogens with zero attached hydrogens (tertiary/aromatic N) is 5. The zero-order valence-corrected chi connectivity index (χ0v) is 12.5. The summed E-state index contributed by atoms with van der Waals surface area (Å²) in [5.74, 6) is 0.819. The van der Waals surface area contributed by atoms with Gasteiger partial charge >= 0.3 is 0 Å². The van der Waals surface area contributed by atoms with Crippen LogP contribution in [0.5, 0.6) is 0 Å². The Morgan fingerprint density at radius 2 is 2.00 bits per heavy atom. The first-order valence-electron chi connectivity index (χ1n) is 7.18. The fourth-order valence-corrected chi connectivity index (χ4v) is 2.52. The molecule has 0 radical (unpaired) electrons. The average molecular weight is 280 g/mol. The van der Waals surface area contributed by atoms with E-state index in [1.54, 1.807) is 4.68 Å². The van der Waals surface area contributed by atoms with Crippen molar-refractivity contribution in [3.63, 3.8) is 0 Å². The number of likely N-dealkylation sites (N-methyl/N-ethyl adjacent to an activating group) is 1. The monoisotopic (exact) mass is 280 g/mol. The minimum Gasteiger partial charge on any atom is -0.345 e. The van der Waals surface area contributed by atoms with E-state index in [1.807, 2.05) is 14.0 Å². The van der Waals surface area contributed by atoms with E-state index in [0.29, 0.717) is 6.54 Å². The quantitative estimate of drug-likeness (QED) is 0.797. The number of aromatic nitrogens is 3. The summed E-state index contributed by atoms with van der Waals surface area (Å²) in [6, 6.07) is -0.119. The number of amides is 1. The maximum absolute atomic E-state index is 12.1. The van der Waals surface area contributed by atoms with E-state index in [2.05, 4.69) is 32.1 Å². The molecule has 2 rings (SSSR count). The Bertz CT molecular complexity index is 438. The lowest BCUT2D eigenvalue weighted by Crippen LogP contribution is -2.49. The number of nitrogens with one attached hydrogen (secondary N) is 1. The van der Waals surface area contributed by atoms with Crippen LogP contribution < -0.4 is 5.32 Å². The van der Waals surface area contributed by atoms with Gasteiger partial charge in [-0.3, -0.25) is 14.4 Å². The first-order valence-corrected chi connectivity index (χ1v) is 7.18. The molecule has 1 aromatic heterocycles. The van der Waals surface area contributed by atoms with E-state index in [0.717, 1.165) is 38.5 Å². The minimum absolute atomic E-state index is 0.0467. The van der Waals surface area contributed by atoms with E-state index in [9.17, 15) is 4.79 Å². The molecule has 112 valence electrons. The standard InChI is InChI=1S/C13H24N6O/c1-4-18-5-7-19(8-6-18)9-12(20)16-11(2)13-14-10-15-17(13)3/h10-11H,4-9H2,1-3H3,(H,16,20)/t11-/m1/s1. The fourth-order valence-electron chi connectivity index (χ4n) is 2.52. The van der Waals surface area contributed by atoms with Crippen LogP contribution in [0.2, 0.25) is 0 Å². The molecular weight excluding hydrogens is 256 g/mol. The van der Waals surface area contributed by atoms with E-state index < -0.39 is 0 Å². The van der Waals surface area contributed by atoms with Crippen molar-refractivity contribution in [2.75, 3.05) is 39.3 Å². The number of carbonyl (C=O) groups is 1. The molecule has 1 fully saturated rings. The summed E-state index contributed by atoms with van der Waals surface area (Å²) in [6.45, 7) is 9.65. The second-order valence-corrected chi connectivity index (χ2v) is 5.24. The number of hydrogen-bond donors (Lipinski definition) is 1. The molecule has 1 atom stereocenters. The molecule has 1 saturated heterocycles. The van der Waals surface area contributed by atoms with Gasteiger partial charge in [-0.1, -0.05) is 6.92 Å². The molecule has 7 heteroatoms. The van der Waals surface area contributed by atoms with Gasteiger partial charge in [-0.25, -0.2) is 4.98 Å². The molecule has 1 N–H and O–H groups in total.